The van der Waals surface area contributed by atoms with Gasteiger partial charge in [-0.2, -0.15) is 0 Å². The number of fused-ring (bicyclic) bond motifs is 3. The van der Waals surface area contributed by atoms with Crippen LogP contribution in [0.3, 0.4) is 0 Å². The molecule has 17 heavy (non-hydrogen) atoms. The Hall–Kier alpha value is -0.480. The van der Waals surface area contributed by atoms with Gasteiger partial charge in [0.2, 0.25) is 0 Å². The van der Waals surface area contributed by atoms with Crippen molar-refractivity contribution < 1.29 is 0 Å². The molecule has 2 nitrogen and oxygen atoms in total. The molecule has 0 aliphatic rings. The molecule has 0 fully saturated rings. The van der Waals surface area contributed by atoms with Gasteiger partial charge in [0.15, 0.2) is 0 Å². The average molecular weight is 349 g/mol. The SMILES string of the molecule is Clc1c[c]c2[nH]c3ncc(Br)c(Cl)c3c2c1Cl. The Bertz CT molecular complexity index is 689. The molecule has 0 unspecified atom stereocenters. The molecule has 0 aliphatic carbocycles. The number of aromatic nitrogens is 2. The smallest absolute Gasteiger partial charge is 0.139 e. The van der Waals surface area contributed by atoms with E-state index in [1.807, 2.05) is 0 Å². The van der Waals surface area contributed by atoms with E-state index in [2.05, 4.69) is 32.0 Å². The van der Waals surface area contributed by atoms with Crippen LogP contribution in [0.15, 0.2) is 16.7 Å². The Balaban J connectivity index is 2.65. The van der Waals surface area contributed by atoms with Crippen molar-refractivity contribution in [3.63, 3.8) is 0 Å². The van der Waals surface area contributed by atoms with Crippen molar-refractivity contribution in [3.8, 4) is 0 Å². The van der Waals surface area contributed by atoms with Crippen LogP contribution in [-0.2, 0) is 0 Å². The van der Waals surface area contributed by atoms with Gasteiger partial charge in [0.05, 0.1) is 25.1 Å². The minimum absolute atomic E-state index is 0.441. The normalized spacial score (nSPS) is 11.5. The fourth-order valence-corrected chi connectivity index (χ4v) is 2.67. The lowest BCUT2D eigenvalue weighted by Crippen LogP contribution is -1.78. The molecule has 1 radical (unpaired) electrons. The summed E-state index contributed by atoms with van der Waals surface area (Å²) < 4.78 is 0.712. The van der Waals surface area contributed by atoms with Gasteiger partial charge in [-0.1, -0.05) is 34.8 Å². The van der Waals surface area contributed by atoms with Gasteiger partial charge in [-0.3, -0.25) is 0 Å². The van der Waals surface area contributed by atoms with E-state index in [4.69, 9.17) is 34.8 Å². The Morgan fingerprint density at radius 1 is 1.18 bits per heavy atom. The van der Waals surface area contributed by atoms with E-state index in [-0.39, 0.29) is 0 Å². The molecule has 0 saturated heterocycles. The van der Waals surface area contributed by atoms with Crippen LogP contribution in [0.1, 0.15) is 0 Å². The summed E-state index contributed by atoms with van der Waals surface area (Å²) in [6.45, 7) is 0. The molecule has 0 aliphatic heterocycles. The largest absolute Gasteiger partial charge is 0.339 e. The number of hydrogen-bond donors (Lipinski definition) is 1. The lowest BCUT2D eigenvalue weighted by atomic mass is 10.2. The van der Waals surface area contributed by atoms with Crippen molar-refractivity contribution in [2.24, 2.45) is 0 Å². The Morgan fingerprint density at radius 3 is 2.71 bits per heavy atom. The highest BCUT2D eigenvalue weighted by molar-refractivity contribution is 9.10. The molecule has 2 heterocycles. The maximum absolute atomic E-state index is 6.25. The number of nitrogens with one attached hydrogen (secondary N) is 1. The van der Waals surface area contributed by atoms with Crippen LogP contribution < -0.4 is 0 Å². The van der Waals surface area contributed by atoms with Crippen molar-refractivity contribution >= 4 is 72.7 Å². The summed E-state index contributed by atoms with van der Waals surface area (Å²) in [6, 6.07) is 4.63. The lowest BCUT2D eigenvalue weighted by molar-refractivity contribution is 1.33. The number of benzene rings is 1. The Labute approximate surface area is 120 Å². The summed E-state index contributed by atoms with van der Waals surface area (Å²) >= 11 is 21.8. The first-order valence-corrected chi connectivity index (χ1v) is 6.53. The Kier molecular flexibility index (Phi) is 2.75. The van der Waals surface area contributed by atoms with E-state index < -0.39 is 0 Å². The maximum atomic E-state index is 6.25. The van der Waals surface area contributed by atoms with Crippen molar-refractivity contribution in [3.05, 3.63) is 37.9 Å². The van der Waals surface area contributed by atoms with Crippen molar-refractivity contribution in [2.75, 3.05) is 0 Å². The number of aromatic amines is 1. The molecule has 3 aromatic rings. The molecule has 0 atom stereocenters. The maximum Gasteiger partial charge on any atom is 0.139 e. The minimum atomic E-state index is 0.441. The third kappa shape index (κ3) is 1.65. The number of rotatable bonds is 0. The highest BCUT2D eigenvalue weighted by Crippen LogP contribution is 2.40. The molecular weight excluding hydrogens is 346 g/mol. The molecule has 2 aromatic heterocycles. The predicted molar refractivity (Wildman–Crippen MR) is 75.2 cm³/mol. The van der Waals surface area contributed by atoms with Gasteiger partial charge in [-0.25, -0.2) is 4.98 Å². The van der Waals surface area contributed by atoms with Crippen molar-refractivity contribution in [1.82, 2.24) is 9.97 Å². The molecule has 1 N–H and O–H groups in total. The zero-order chi connectivity index (χ0) is 12.2. The third-order valence-corrected chi connectivity index (χ3v) is 4.50. The van der Waals surface area contributed by atoms with Crippen LogP contribution in [0.25, 0.3) is 21.9 Å². The molecule has 0 amide bonds. The Morgan fingerprint density at radius 2 is 1.94 bits per heavy atom. The van der Waals surface area contributed by atoms with Crippen LogP contribution >= 0.6 is 50.7 Å². The summed E-state index contributed by atoms with van der Waals surface area (Å²) in [6.07, 6.45) is 1.63. The minimum Gasteiger partial charge on any atom is -0.339 e. The monoisotopic (exact) mass is 347 g/mol. The number of nitrogens with zero attached hydrogens (tertiary/aromatic N) is 1. The average Bonchev–Trinajstić information content (AvgIpc) is 2.69. The van der Waals surface area contributed by atoms with E-state index in [1.54, 1.807) is 12.3 Å². The van der Waals surface area contributed by atoms with E-state index >= 15 is 0 Å². The lowest BCUT2D eigenvalue weighted by Gasteiger charge is -2.00. The van der Waals surface area contributed by atoms with Gasteiger partial charge in [-0.05, 0) is 22.0 Å². The number of halogens is 4. The summed E-state index contributed by atoms with van der Waals surface area (Å²) in [4.78, 5) is 7.34. The first-order valence-electron chi connectivity index (χ1n) is 4.60. The first kappa shape index (κ1) is 11.6. The topological polar surface area (TPSA) is 28.7 Å². The van der Waals surface area contributed by atoms with Crippen LogP contribution in [0.4, 0.5) is 0 Å². The zero-order valence-electron chi connectivity index (χ0n) is 8.11. The standard InChI is InChI=1S/C11H3BrCl3N2/c12-4-3-16-11-8(9(4)14)7-6(17-11)2-1-5(13)10(7)15/h1,3H,(H,16,17). The first-order chi connectivity index (χ1) is 8.09. The number of H-pyrrole nitrogens is 1. The molecule has 85 valence electrons. The fourth-order valence-electron chi connectivity index (χ4n) is 1.74. The molecule has 0 bridgehead atoms. The van der Waals surface area contributed by atoms with E-state index in [1.165, 1.54) is 0 Å². The highest BCUT2D eigenvalue weighted by atomic mass is 79.9. The van der Waals surface area contributed by atoms with Crippen molar-refractivity contribution in [1.29, 1.82) is 0 Å². The fraction of sp³-hybridized carbons (Fsp3) is 0. The highest BCUT2D eigenvalue weighted by Gasteiger charge is 2.15. The van der Waals surface area contributed by atoms with E-state index in [0.29, 0.717) is 25.2 Å². The predicted octanol–water partition coefficient (Wildman–Crippen LogP) is 5.24. The van der Waals surface area contributed by atoms with E-state index in [0.717, 1.165) is 16.3 Å². The molecule has 1 aromatic carbocycles. The van der Waals surface area contributed by atoms with Crippen LogP contribution in [-0.4, -0.2) is 9.97 Å². The van der Waals surface area contributed by atoms with Gasteiger partial charge in [0, 0.05) is 23.0 Å². The summed E-state index contributed by atoms with van der Waals surface area (Å²) in [7, 11) is 0. The van der Waals surface area contributed by atoms with Crippen LogP contribution in [0.2, 0.25) is 15.1 Å². The van der Waals surface area contributed by atoms with Crippen molar-refractivity contribution in [2.45, 2.75) is 0 Å². The quantitative estimate of drug-likeness (QED) is 0.591. The van der Waals surface area contributed by atoms with Gasteiger partial charge < -0.3 is 4.98 Å². The zero-order valence-corrected chi connectivity index (χ0v) is 12.0. The van der Waals surface area contributed by atoms with Crippen LogP contribution in [0.5, 0.6) is 0 Å². The second-order valence-electron chi connectivity index (χ2n) is 3.47. The summed E-state index contributed by atoms with van der Waals surface area (Å²) in [5.74, 6) is 0. The third-order valence-electron chi connectivity index (χ3n) is 2.49. The van der Waals surface area contributed by atoms with Gasteiger partial charge in [0.25, 0.3) is 0 Å². The molecular formula is C11H3BrCl3N2. The molecule has 3 rings (SSSR count). The second-order valence-corrected chi connectivity index (χ2v) is 5.49. The van der Waals surface area contributed by atoms with Gasteiger partial charge in [0.1, 0.15) is 5.65 Å². The molecule has 0 spiro atoms. The second kappa shape index (κ2) is 4.02. The number of hydrogen-bond acceptors (Lipinski definition) is 1. The number of pyridine rings is 1. The summed E-state index contributed by atoms with van der Waals surface area (Å²) in [5, 5.41) is 2.94. The van der Waals surface area contributed by atoms with Crippen LogP contribution in [0, 0.1) is 6.07 Å². The van der Waals surface area contributed by atoms with Gasteiger partial charge >= 0.3 is 0 Å². The van der Waals surface area contributed by atoms with Gasteiger partial charge in [-0.15, -0.1) is 0 Å². The molecule has 6 heteroatoms. The van der Waals surface area contributed by atoms with E-state index in [9.17, 15) is 0 Å². The molecule has 0 saturated carbocycles. The summed E-state index contributed by atoms with van der Waals surface area (Å²) in [5.41, 5.74) is 1.40.